The molecule has 1 amide bonds. The van der Waals surface area contributed by atoms with Crippen LogP contribution < -0.4 is 14.8 Å². The van der Waals surface area contributed by atoms with Gasteiger partial charge >= 0.3 is 5.97 Å². The molecule has 0 bridgehead atoms. The van der Waals surface area contributed by atoms with Crippen molar-refractivity contribution in [3.05, 3.63) is 65.9 Å². The van der Waals surface area contributed by atoms with Crippen LogP contribution in [-0.4, -0.2) is 47.5 Å². The normalized spacial score (nSPS) is 10.7. The number of methoxy groups -OCH3 is 2. The van der Waals surface area contributed by atoms with Crippen LogP contribution >= 0.6 is 0 Å². The van der Waals surface area contributed by atoms with Crippen molar-refractivity contribution in [3.8, 4) is 22.8 Å². The van der Waals surface area contributed by atoms with Gasteiger partial charge in [-0.1, -0.05) is 30.3 Å². The van der Waals surface area contributed by atoms with Gasteiger partial charge in [-0.2, -0.15) is 5.10 Å². The third-order valence-corrected chi connectivity index (χ3v) is 5.27. The summed E-state index contributed by atoms with van der Waals surface area (Å²) in [6.45, 7) is 1.31. The zero-order chi connectivity index (χ0) is 24.2. The fraction of sp³-hybridized carbons (Fsp3) is 0.200. The second-order valence-electron chi connectivity index (χ2n) is 7.52. The van der Waals surface area contributed by atoms with Crippen LogP contribution in [0, 0.1) is 6.92 Å². The molecule has 0 saturated carbocycles. The Balaban J connectivity index is 1.58. The number of anilines is 1. The van der Waals surface area contributed by atoms with Crippen molar-refractivity contribution in [2.24, 2.45) is 7.05 Å². The summed E-state index contributed by atoms with van der Waals surface area (Å²) >= 11 is 0. The van der Waals surface area contributed by atoms with Crippen molar-refractivity contribution >= 4 is 28.6 Å². The monoisotopic (exact) mass is 460 g/mol. The number of nitrogens with one attached hydrogen (secondary N) is 1. The van der Waals surface area contributed by atoms with Crippen molar-refractivity contribution in [3.63, 3.8) is 0 Å². The van der Waals surface area contributed by atoms with E-state index in [1.807, 2.05) is 30.3 Å². The summed E-state index contributed by atoms with van der Waals surface area (Å²) in [5, 5.41) is 7.66. The van der Waals surface area contributed by atoms with Gasteiger partial charge in [0, 0.05) is 18.7 Å². The number of ether oxygens (including phenoxy) is 3. The molecule has 174 valence electrons. The van der Waals surface area contributed by atoms with E-state index in [1.54, 1.807) is 42.9 Å². The molecule has 1 N–H and O–H groups in total. The maximum Gasteiger partial charge on any atom is 0.339 e. The van der Waals surface area contributed by atoms with Crippen molar-refractivity contribution in [2.75, 3.05) is 26.1 Å². The first-order valence-corrected chi connectivity index (χ1v) is 10.5. The van der Waals surface area contributed by atoms with Crippen molar-refractivity contribution < 1.29 is 23.8 Å². The van der Waals surface area contributed by atoms with Gasteiger partial charge in [0.2, 0.25) is 0 Å². The molecule has 0 unspecified atom stereocenters. The number of aryl methyl sites for hydroxylation is 2. The Morgan fingerprint density at radius 3 is 2.50 bits per heavy atom. The van der Waals surface area contributed by atoms with Crippen molar-refractivity contribution in [1.82, 2.24) is 14.8 Å². The summed E-state index contributed by atoms with van der Waals surface area (Å²) in [6, 6.07) is 16.2. The van der Waals surface area contributed by atoms with Crippen LogP contribution in [0.25, 0.3) is 22.3 Å². The Labute approximate surface area is 196 Å². The molecule has 0 aliphatic rings. The molecule has 0 saturated heterocycles. The molecule has 2 aromatic heterocycles. The maximum absolute atomic E-state index is 13.1. The standard InChI is InChI=1S/C25H24N4O5/c1-15-23-18(13-19(16-8-6-5-7-9-16)27-24(23)29(2)28-15)25(31)34-14-22(30)26-20-12-17(32-3)10-11-21(20)33-4/h5-13H,14H2,1-4H3,(H,26,30). The second-order valence-corrected chi connectivity index (χ2v) is 7.52. The highest BCUT2D eigenvalue weighted by Gasteiger charge is 2.21. The van der Waals surface area contributed by atoms with E-state index in [9.17, 15) is 9.59 Å². The SMILES string of the molecule is COc1ccc(OC)c(NC(=O)COC(=O)c2cc(-c3ccccc3)nc3c2c(C)nn3C)c1. The molecule has 0 radical (unpaired) electrons. The van der Waals surface area contributed by atoms with Gasteiger partial charge in [-0.25, -0.2) is 9.78 Å². The molecule has 2 aromatic carbocycles. The molecule has 0 spiro atoms. The highest BCUT2D eigenvalue weighted by atomic mass is 16.5. The van der Waals surface area contributed by atoms with Crippen LogP contribution in [0.3, 0.4) is 0 Å². The van der Waals surface area contributed by atoms with E-state index in [0.717, 1.165) is 5.56 Å². The van der Waals surface area contributed by atoms with E-state index in [1.165, 1.54) is 14.2 Å². The first-order valence-electron chi connectivity index (χ1n) is 10.5. The largest absolute Gasteiger partial charge is 0.497 e. The summed E-state index contributed by atoms with van der Waals surface area (Å²) in [5.74, 6) is -0.160. The quantitative estimate of drug-likeness (QED) is 0.419. The lowest BCUT2D eigenvalue weighted by atomic mass is 10.1. The number of carbonyl (C=O) groups excluding carboxylic acids is 2. The Bertz CT molecular complexity index is 1360. The predicted molar refractivity (Wildman–Crippen MR) is 127 cm³/mol. The summed E-state index contributed by atoms with van der Waals surface area (Å²) in [4.78, 5) is 30.3. The van der Waals surface area contributed by atoms with Gasteiger partial charge in [0.15, 0.2) is 12.3 Å². The molecule has 0 aliphatic heterocycles. The van der Waals surface area contributed by atoms with Crippen LogP contribution in [0.1, 0.15) is 16.1 Å². The number of pyridine rings is 1. The van der Waals surface area contributed by atoms with Crippen molar-refractivity contribution in [2.45, 2.75) is 6.92 Å². The van der Waals surface area contributed by atoms with Crippen LogP contribution in [0.15, 0.2) is 54.6 Å². The smallest absolute Gasteiger partial charge is 0.339 e. The van der Waals surface area contributed by atoms with Crippen LogP contribution in [-0.2, 0) is 16.6 Å². The third kappa shape index (κ3) is 4.54. The number of benzene rings is 2. The average molecular weight is 460 g/mol. The van der Waals surface area contributed by atoms with Gasteiger partial charge in [0.25, 0.3) is 5.91 Å². The molecule has 4 rings (SSSR count). The van der Waals surface area contributed by atoms with Gasteiger partial charge in [-0.15, -0.1) is 0 Å². The topological polar surface area (TPSA) is 105 Å². The Morgan fingerprint density at radius 1 is 1.03 bits per heavy atom. The summed E-state index contributed by atoms with van der Waals surface area (Å²) in [5.41, 5.74) is 3.34. The Morgan fingerprint density at radius 2 is 1.79 bits per heavy atom. The first-order chi connectivity index (χ1) is 16.4. The second kappa shape index (κ2) is 9.62. The Kier molecular flexibility index (Phi) is 6.44. The lowest BCUT2D eigenvalue weighted by Crippen LogP contribution is -2.21. The molecule has 0 atom stereocenters. The van der Waals surface area contributed by atoms with E-state index < -0.39 is 18.5 Å². The number of nitrogens with zero attached hydrogens (tertiary/aromatic N) is 3. The lowest BCUT2D eigenvalue weighted by Gasteiger charge is -2.12. The number of fused-ring (bicyclic) bond motifs is 1. The number of rotatable bonds is 7. The van der Waals surface area contributed by atoms with E-state index in [0.29, 0.717) is 45.2 Å². The molecule has 0 fully saturated rings. The van der Waals surface area contributed by atoms with Gasteiger partial charge in [-0.3, -0.25) is 9.48 Å². The minimum atomic E-state index is -0.645. The molecule has 4 aromatic rings. The zero-order valence-electron chi connectivity index (χ0n) is 19.3. The Hall–Kier alpha value is -4.40. The highest BCUT2D eigenvalue weighted by Crippen LogP contribution is 2.29. The molecular formula is C25H24N4O5. The summed E-state index contributed by atoms with van der Waals surface area (Å²) in [6.07, 6.45) is 0. The van der Waals surface area contributed by atoms with Gasteiger partial charge in [0.05, 0.1) is 42.2 Å². The minimum Gasteiger partial charge on any atom is -0.497 e. The van der Waals surface area contributed by atoms with Gasteiger partial charge in [0.1, 0.15) is 11.5 Å². The van der Waals surface area contributed by atoms with E-state index in [4.69, 9.17) is 14.2 Å². The van der Waals surface area contributed by atoms with E-state index in [-0.39, 0.29) is 0 Å². The number of carbonyl (C=O) groups is 2. The maximum atomic E-state index is 13.1. The van der Waals surface area contributed by atoms with Crippen LogP contribution in [0.5, 0.6) is 11.5 Å². The van der Waals surface area contributed by atoms with Crippen LogP contribution in [0.4, 0.5) is 5.69 Å². The number of amides is 1. The molecule has 2 heterocycles. The first kappa shape index (κ1) is 22.8. The fourth-order valence-corrected chi connectivity index (χ4v) is 3.67. The molecule has 9 nitrogen and oxygen atoms in total. The van der Waals surface area contributed by atoms with Crippen molar-refractivity contribution in [1.29, 1.82) is 0 Å². The predicted octanol–water partition coefficient (Wildman–Crippen LogP) is 3.76. The minimum absolute atomic E-state index is 0.293. The van der Waals surface area contributed by atoms with Crippen LogP contribution in [0.2, 0.25) is 0 Å². The number of hydrogen-bond acceptors (Lipinski definition) is 7. The molecule has 9 heteroatoms. The van der Waals surface area contributed by atoms with Gasteiger partial charge < -0.3 is 19.5 Å². The average Bonchev–Trinajstić information content (AvgIpc) is 3.15. The zero-order valence-corrected chi connectivity index (χ0v) is 19.3. The summed E-state index contributed by atoms with van der Waals surface area (Å²) < 4.78 is 17.4. The summed E-state index contributed by atoms with van der Waals surface area (Å²) in [7, 11) is 4.78. The third-order valence-electron chi connectivity index (χ3n) is 5.27. The number of aromatic nitrogens is 3. The fourth-order valence-electron chi connectivity index (χ4n) is 3.67. The highest BCUT2D eigenvalue weighted by molar-refractivity contribution is 6.06. The van der Waals surface area contributed by atoms with E-state index in [2.05, 4.69) is 15.4 Å². The molecule has 0 aliphatic carbocycles. The molecule has 34 heavy (non-hydrogen) atoms. The number of hydrogen-bond donors (Lipinski definition) is 1. The van der Waals surface area contributed by atoms with E-state index >= 15 is 0 Å². The lowest BCUT2D eigenvalue weighted by molar-refractivity contribution is -0.119. The van der Waals surface area contributed by atoms with Gasteiger partial charge in [-0.05, 0) is 25.1 Å². The molecular weight excluding hydrogens is 436 g/mol. The number of esters is 1.